The van der Waals surface area contributed by atoms with Crippen molar-refractivity contribution in [2.75, 3.05) is 13.2 Å². The molecule has 2 aliphatic rings. The SMILES string of the molecule is Cc1cnc(=O)n([C@H]2C[C@H](O)[C@@H](COP(=O)(O)O[C@H]3C[C@H](n4cc(C)c([O-])nc4=O)O[C@@H]3CO)O2)c1. The zero-order chi connectivity index (χ0) is 26.2. The van der Waals surface area contributed by atoms with Crippen molar-refractivity contribution < 1.29 is 43.3 Å². The highest BCUT2D eigenvalue weighted by Crippen LogP contribution is 2.49. The Labute approximate surface area is 204 Å². The third-order valence-electron chi connectivity index (χ3n) is 5.89. The van der Waals surface area contributed by atoms with Crippen molar-refractivity contribution in [3.05, 3.63) is 50.7 Å². The maximum atomic E-state index is 12.6. The average Bonchev–Trinajstić information content (AvgIpc) is 3.38. The van der Waals surface area contributed by atoms with Gasteiger partial charge in [0.25, 0.3) is 0 Å². The number of aliphatic hydroxyl groups is 2. The molecule has 2 saturated heterocycles. The first kappa shape index (κ1) is 26.6. The molecule has 7 atom stereocenters. The van der Waals surface area contributed by atoms with E-state index in [9.17, 15) is 34.4 Å². The summed E-state index contributed by atoms with van der Waals surface area (Å²) in [5.41, 5.74) is -0.554. The van der Waals surface area contributed by atoms with Gasteiger partial charge in [-0.05, 0) is 30.9 Å². The van der Waals surface area contributed by atoms with Crippen molar-refractivity contribution in [2.24, 2.45) is 0 Å². The first-order chi connectivity index (χ1) is 17.0. The lowest BCUT2D eigenvalue weighted by Gasteiger charge is -2.21. The molecule has 0 bridgehead atoms. The van der Waals surface area contributed by atoms with Crippen molar-refractivity contribution >= 4 is 7.82 Å². The van der Waals surface area contributed by atoms with Crippen LogP contribution in [0.4, 0.5) is 0 Å². The molecule has 2 aliphatic heterocycles. The number of aliphatic hydroxyl groups excluding tert-OH is 2. The van der Waals surface area contributed by atoms with E-state index in [0.717, 1.165) is 4.57 Å². The smallest absolute Gasteiger partial charge is 0.472 e. The summed E-state index contributed by atoms with van der Waals surface area (Å²) >= 11 is 0. The quantitative estimate of drug-likeness (QED) is 0.337. The van der Waals surface area contributed by atoms with Crippen LogP contribution in [-0.4, -0.2) is 71.8 Å². The van der Waals surface area contributed by atoms with E-state index in [4.69, 9.17) is 18.5 Å². The van der Waals surface area contributed by atoms with E-state index in [2.05, 4.69) is 9.97 Å². The maximum absolute atomic E-state index is 12.6. The minimum atomic E-state index is -4.74. The van der Waals surface area contributed by atoms with Gasteiger partial charge in [-0.3, -0.25) is 18.2 Å². The zero-order valence-electron chi connectivity index (χ0n) is 19.4. The lowest BCUT2D eigenvalue weighted by Crippen LogP contribution is -2.29. The third kappa shape index (κ3) is 5.74. The molecule has 198 valence electrons. The number of hydrogen-bond donors (Lipinski definition) is 3. The molecule has 2 fully saturated rings. The van der Waals surface area contributed by atoms with Gasteiger partial charge in [-0.15, -0.1) is 0 Å². The molecule has 15 nitrogen and oxygen atoms in total. The molecule has 4 rings (SSSR count). The topological polar surface area (TPSA) is 208 Å². The minimum absolute atomic E-state index is 0.0325. The molecular weight excluding hydrogens is 503 g/mol. The van der Waals surface area contributed by atoms with E-state index >= 15 is 0 Å². The molecule has 4 heterocycles. The number of rotatable bonds is 8. The molecule has 16 heteroatoms. The van der Waals surface area contributed by atoms with Crippen LogP contribution in [0.15, 0.2) is 28.2 Å². The van der Waals surface area contributed by atoms with Crippen LogP contribution in [0, 0.1) is 13.8 Å². The van der Waals surface area contributed by atoms with Crippen LogP contribution in [-0.2, 0) is 23.1 Å². The van der Waals surface area contributed by atoms with Crippen LogP contribution in [0.1, 0.15) is 36.4 Å². The second-order valence-corrected chi connectivity index (χ2v) is 10.0. The fraction of sp³-hybridized carbons (Fsp3) is 0.600. The molecule has 0 aliphatic carbocycles. The summed E-state index contributed by atoms with van der Waals surface area (Å²) in [5, 5.41) is 31.5. The molecular formula is C20H26N4O11P-. The summed E-state index contributed by atoms with van der Waals surface area (Å²) in [5.74, 6) is -0.684. The van der Waals surface area contributed by atoms with Crippen LogP contribution >= 0.6 is 7.82 Å². The van der Waals surface area contributed by atoms with Crippen molar-refractivity contribution in [1.82, 2.24) is 19.1 Å². The zero-order valence-corrected chi connectivity index (χ0v) is 20.3. The highest BCUT2D eigenvalue weighted by Gasteiger charge is 2.43. The predicted molar refractivity (Wildman–Crippen MR) is 117 cm³/mol. The fourth-order valence-corrected chi connectivity index (χ4v) is 5.01. The number of ether oxygens (including phenoxy) is 2. The normalized spacial score (nSPS) is 29.9. The predicted octanol–water partition coefficient (Wildman–Crippen LogP) is -1.38. The molecule has 0 saturated carbocycles. The average molecular weight is 529 g/mol. The Morgan fingerprint density at radius 1 is 1.14 bits per heavy atom. The Morgan fingerprint density at radius 2 is 1.81 bits per heavy atom. The second-order valence-electron chi connectivity index (χ2n) is 8.63. The van der Waals surface area contributed by atoms with Gasteiger partial charge in [-0.25, -0.2) is 24.1 Å². The number of aryl methyl sites for hydroxylation is 2. The number of hydrogen-bond acceptors (Lipinski definition) is 12. The summed E-state index contributed by atoms with van der Waals surface area (Å²) < 4.78 is 36.3. The van der Waals surface area contributed by atoms with Crippen LogP contribution in [0.25, 0.3) is 0 Å². The standard InChI is InChI=1S/C20H27N4O11P/c1-10-5-21-19(28)23(6-10)16-3-12(26)15(34-16)9-32-36(30,31)35-13-4-17(33-14(13)8-25)24-7-11(2)18(27)22-20(24)29/h5-7,12-17,25-26H,3-4,8-9H2,1-2H3,(H,30,31)(H,22,27,29)/p-1/t12-,13-,14+,15+,16+,17+/m0/s1. The summed E-state index contributed by atoms with van der Waals surface area (Å²) in [7, 11) is -4.74. The molecule has 0 radical (unpaired) electrons. The van der Waals surface area contributed by atoms with E-state index in [1.54, 1.807) is 6.92 Å². The van der Waals surface area contributed by atoms with Crippen LogP contribution < -0.4 is 16.5 Å². The van der Waals surface area contributed by atoms with Crippen LogP contribution in [0.2, 0.25) is 0 Å². The summed E-state index contributed by atoms with van der Waals surface area (Å²) in [6.45, 7) is 2.07. The number of aromatic nitrogens is 4. The van der Waals surface area contributed by atoms with E-state index in [1.807, 2.05) is 0 Å². The van der Waals surface area contributed by atoms with Gasteiger partial charge in [0.05, 0.1) is 19.3 Å². The Bertz CT molecular complexity index is 1270. The van der Waals surface area contributed by atoms with Crippen molar-refractivity contribution in [2.45, 2.75) is 63.6 Å². The van der Waals surface area contributed by atoms with Crippen LogP contribution in [0.3, 0.4) is 0 Å². The Kier molecular flexibility index (Phi) is 7.73. The molecule has 1 unspecified atom stereocenters. The van der Waals surface area contributed by atoms with Crippen molar-refractivity contribution in [3.63, 3.8) is 0 Å². The largest absolute Gasteiger partial charge is 0.858 e. The summed E-state index contributed by atoms with van der Waals surface area (Å²) in [4.78, 5) is 41.4. The Balaban J connectivity index is 1.38. The van der Waals surface area contributed by atoms with Crippen molar-refractivity contribution in [3.8, 4) is 5.88 Å². The molecule has 2 aromatic rings. The number of phosphoric ester groups is 1. The number of nitrogens with zero attached hydrogens (tertiary/aromatic N) is 4. The van der Waals surface area contributed by atoms with E-state index in [-0.39, 0.29) is 18.4 Å². The van der Waals surface area contributed by atoms with Gasteiger partial charge < -0.3 is 29.7 Å². The highest BCUT2D eigenvalue weighted by molar-refractivity contribution is 7.47. The Morgan fingerprint density at radius 3 is 2.53 bits per heavy atom. The van der Waals surface area contributed by atoms with Gasteiger partial charge in [-0.1, -0.05) is 0 Å². The maximum Gasteiger partial charge on any atom is 0.472 e. The Hall–Kier alpha value is -2.49. The molecule has 2 aromatic heterocycles. The van der Waals surface area contributed by atoms with Crippen molar-refractivity contribution in [1.29, 1.82) is 0 Å². The van der Waals surface area contributed by atoms with E-state index in [0.29, 0.717) is 5.56 Å². The first-order valence-corrected chi connectivity index (χ1v) is 12.5. The monoisotopic (exact) mass is 529 g/mol. The molecule has 0 spiro atoms. The molecule has 0 aromatic carbocycles. The lowest BCUT2D eigenvalue weighted by atomic mass is 10.2. The van der Waals surface area contributed by atoms with Gasteiger partial charge in [0, 0.05) is 31.4 Å². The molecule has 3 N–H and O–H groups in total. The second kappa shape index (κ2) is 10.5. The minimum Gasteiger partial charge on any atom is -0.858 e. The lowest BCUT2D eigenvalue weighted by molar-refractivity contribution is -0.276. The van der Waals surface area contributed by atoms with Gasteiger partial charge in [0.2, 0.25) is 0 Å². The van der Waals surface area contributed by atoms with Crippen LogP contribution in [0.5, 0.6) is 5.88 Å². The van der Waals surface area contributed by atoms with Gasteiger partial charge in [0.15, 0.2) is 0 Å². The van der Waals surface area contributed by atoms with E-state index in [1.165, 1.54) is 30.1 Å². The fourth-order valence-electron chi connectivity index (χ4n) is 4.05. The third-order valence-corrected chi connectivity index (χ3v) is 6.90. The summed E-state index contributed by atoms with van der Waals surface area (Å²) in [6, 6.07) is 0. The molecule has 0 amide bonds. The number of phosphoric acid groups is 1. The first-order valence-electron chi connectivity index (χ1n) is 11.0. The van der Waals surface area contributed by atoms with Gasteiger partial charge in [-0.2, -0.15) is 0 Å². The van der Waals surface area contributed by atoms with Gasteiger partial charge >= 0.3 is 19.2 Å². The van der Waals surface area contributed by atoms with Gasteiger partial charge in [0.1, 0.15) is 30.8 Å². The molecule has 36 heavy (non-hydrogen) atoms. The highest BCUT2D eigenvalue weighted by atomic mass is 31.2. The summed E-state index contributed by atoms with van der Waals surface area (Å²) in [6.07, 6.45) is -2.12. The van der Waals surface area contributed by atoms with E-state index < -0.39 is 75.2 Å².